The number of benzene rings is 2. The largest absolute Gasteiger partial charge is 0.490 e. The number of aryl methyl sites for hydroxylation is 2. The van der Waals surface area contributed by atoms with Gasteiger partial charge in [-0.15, -0.1) is 4.36 Å². The molecule has 2 aliphatic heterocycles. The summed E-state index contributed by atoms with van der Waals surface area (Å²) in [4.78, 5) is 29.2. The number of allylic oxidation sites excluding steroid dienone is 1. The van der Waals surface area contributed by atoms with Crippen LogP contribution < -0.4 is 19.7 Å². The highest BCUT2D eigenvalue weighted by atomic mass is 32.2. The van der Waals surface area contributed by atoms with E-state index in [0.717, 1.165) is 75.9 Å². The van der Waals surface area contributed by atoms with Gasteiger partial charge >= 0.3 is 6.03 Å². The molecule has 5 aliphatic rings. The molecule has 6 atom stereocenters. The first-order valence-corrected chi connectivity index (χ1v) is 19.5. The lowest BCUT2D eigenvalue weighted by atomic mass is 9.68. The smallest absolute Gasteiger partial charge is 0.327 e. The minimum atomic E-state index is -3.42. The summed E-state index contributed by atoms with van der Waals surface area (Å²) >= 11 is 0. The quantitative estimate of drug-likeness (QED) is 0.361. The van der Waals surface area contributed by atoms with E-state index in [2.05, 4.69) is 56.6 Å². The SMILES string of the molecule is CO[C@H]1/C=C/C[C@H](C)CS(=O)(NC(=O)NC2CCC2)=NC(=O)c2ccc3c(c2)N(C[C@@H]2CC[C@H]21)C[C@@]1(CCCc2cc(C)ccc21)CO3. The number of nitrogens with one attached hydrogen (secondary N) is 2. The summed E-state index contributed by atoms with van der Waals surface area (Å²) in [7, 11) is -1.64. The molecule has 2 aromatic carbocycles. The predicted molar refractivity (Wildman–Crippen MR) is 189 cm³/mol. The number of carbonyl (C=O) groups is 2. The molecule has 10 heteroatoms. The molecular weight excluding hydrogens is 625 g/mol. The standard InChI is InChI=1S/C38H50N4O5S/c1-25-12-16-32-27(19-25)8-6-18-38(32)23-42-21-29-13-15-31(29)34(46-3)11-4-7-26(2)22-48(45,41-37(44)39-30-9-5-10-30)40-36(43)28-14-17-35(47-24-38)33(42)20-28/h4,11-12,14,16-17,19-20,26,29-31,34H,5-10,13,15,18,21-24H2,1-3H3,(H2,39,40,41,43,44,45)/b11-4+/t26-,29-,31+,34-,38-,48?/m0/s1. The third-order valence-corrected chi connectivity index (χ3v) is 13.4. The van der Waals surface area contributed by atoms with E-state index in [1.165, 1.54) is 16.7 Å². The molecule has 1 unspecified atom stereocenters. The molecule has 2 heterocycles. The highest BCUT2D eigenvalue weighted by molar-refractivity contribution is 7.92. The summed E-state index contributed by atoms with van der Waals surface area (Å²) in [6.45, 7) is 6.29. The first kappa shape index (κ1) is 33.1. The number of rotatable bonds is 3. The minimum absolute atomic E-state index is 0.0211. The van der Waals surface area contributed by atoms with Crippen LogP contribution in [0.3, 0.4) is 0 Å². The third kappa shape index (κ3) is 6.75. The van der Waals surface area contributed by atoms with Crippen LogP contribution in [0.5, 0.6) is 5.75 Å². The molecule has 0 saturated heterocycles. The number of urea groups is 1. The predicted octanol–water partition coefficient (Wildman–Crippen LogP) is 6.48. The minimum Gasteiger partial charge on any atom is -0.490 e. The summed E-state index contributed by atoms with van der Waals surface area (Å²) in [5.41, 5.74) is 5.07. The van der Waals surface area contributed by atoms with Crippen LogP contribution in [0.2, 0.25) is 0 Å². The number of fused-ring (bicyclic) bond motifs is 4. The number of hydrogen-bond donors (Lipinski definition) is 2. The zero-order valence-corrected chi connectivity index (χ0v) is 29.4. The summed E-state index contributed by atoms with van der Waals surface area (Å²) in [6, 6.07) is 11.8. The maximum atomic E-state index is 14.3. The van der Waals surface area contributed by atoms with Crippen molar-refractivity contribution >= 4 is 27.5 Å². The van der Waals surface area contributed by atoms with Crippen LogP contribution in [-0.4, -0.2) is 60.9 Å². The van der Waals surface area contributed by atoms with Gasteiger partial charge in [-0.3, -0.25) is 9.52 Å². The van der Waals surface area contributed by atoms with Gasteiger partial charge in [0.25, 0.3) is 5.91 Å². The van der Waals surface area contributed by atoms with Gasteiger partial charge in [-0.1, -0.05) is 42.8 Å². The highest BCUT2D eigenvalue weighted by Gasteiger charge is 2.44. The van der Waals surface area contributed by atoms with E-state index in [1.54, 1.807) is 13.2 Å². The average molecular weight is 675 g/mol. The van der Waals surface area contributed by atoms with Gasteiger partial charge in [0, 0.05) is 37.2 Å². The Morgan fingerprint density at radius 1 is 1.12 bits per heavy atom. The van der Waals surface area contributed by atoms with Crippen LogP contribution in [-0.2, 0) is 26.5 Å². The van der Waals surface area contributed by atoms with E-state index in [0.29, 0.717) is 30.4 Å². The van der Waals surface area contributed by atoms with Crippen LogP contribution in [0.15, 0.2) is 52.9 Å². The van der Waals surface area contributed by atoms with Crippen molar-refractivity contribution in [3.8, 4) is 5.75 Å². The molecule has 2 fully saturated rings. The molecule has 0 aromatic heterocycles. The maximum absolute atomic E-state index is 14.3. The second kappa shape index (κ2) is 13.5. The average Bonchev–Trinajstić information content (AvgIpc) is 3.16. The van der Waals surface area contributed by atoms with Crippen LogP contribution >= 0.6 is 0 Å². The Balaban J connectivity index is 1.28. The molecule has 258 valence electrons. The van der Waals surface area contributed by atoms with E-state index in [-0.39, 0.29) is 29.2 Å². The zero-order valence-electron chi connectivity index (χ0n) is 28.5. The van der Waals surface area contributed by atoms with Crippen molar-refractivity contribution in [2.24, 2.45) is 22.1 Å². The van der Waals surface area contributed by atoms with Gasteiger partial charge in [-0.25, -0.2) is 9.00 Å². The summed E-state index contributed by atoms with van der Waals surface area (Å²) in [5.74, 6) is 0.920. The van der Waals surface area contributed by atoms with Crippen LogP contribution in [0.25, 0.3) is 0 Å². The lowest BCUT2D eigenvalue weighted by Crippen LogP contribution is -2.49. The Hall–Kier alpha value is -3.37. The van der Waals surface area contributed by atoms with Gasteiger partial charge in [0.1, 0.15) is 15.7 Å². The van der Waals surface area contributed by atoms with Crippen molar-refractivity contribution in [3.63, 3.8) is 0 Å². The number of methoxy groups -OCH3 is 1. The van der Waals surface area contributed by atoms with Gasteiger partial charge in [0.15, 0.2) is 0 Å². The Labute approximate surface area is 285 Å². The summed E-state index contributed by atoms with van der Waals surface area (Å²) in [5, 5.41) is 2.89. The fourth-order valence-corrected chi connectivity index (χ4v) is 10.3. The highest BCUT2D eigenvalue weighted by Crippen LogP contribution is 2.47. The number of hydrogen-bond acceptors (Lipinski definition) is 6. The van der Waals surface area contributed by atoms with Gasteiger partial charge in [-0.05, 0) is 112 Å². The van der Waals surface area contributed by atoms with E-state index in [9.17, 15) is 13.8 Å². The van der Waals surface area contributed by atoms with Crippen molar-refractivity contribution < 1.29 is 23.3 Å². The third-order valence-electron chi connectivity index (χ3n) is 11.4. The molecular formula is C38H50N4O5S. The first-order valence-electron chi connectivity index (χ1n) is 17.8. The zero-order chi connectivity index (χ0) is 33.5. The Morgan fingerprint density at radius 2 is 1.98 bits per heavy atom. The number of anilines is 1. The van der Waals surface area contributed by atoms with Crippen molar-refractivity contribution in [1.82, 2.24) is 10.0 Å². The molecule has 3 amide bonds. The summed E-state index contributed by atoms with van der Waals surface area (Å²) < 4.78 is 33.9. The molecule has 2 saturated carbocycles. The molecule has 2 N–H and O–H groups in total. The van der Waals surface area contributed by atoms with Crippen molar-refractivity contribution in [2.75, 3.05) is 37.5 Å². The van der Waals surface area contributed by atoms with E-state index in [1.807, 2.05) is 19.1 Å². The number of ether oxygens (including phenoxy) is 2. The normalized spacial score (nSPS) is 32.6. The molecule has 9 nitrogen and oxygen atoms in total. The van der Waals surface area contributed by atoms with E-state index >= 15 is 0 Å². The molecule has 2 bridgehead atoms. The number of amides is 3. The van der Waals surface area contributed by atoms with E-state index < -0.39 is 21.9 Å². The lowest BCUT2D eigenvalue weighted by Gasteiger charge is -2.46. The molecule has 2 aromatic rings. The van der Waals surface area contributed by atoms with Crippen molar-refractivity contribution in [1.29, 1.82) is 0 Å². The fourth-order valence-electron chi connectivity index (χ4n) is 8.44. The maximum Gasteiger partial charge on any atom is 0.327 e. The van der Waals surface area contributed by atoms with Crippen LogP contribution in [0.1, 0.15) is 85.3 Å². The summed E-state index contributed by atoms with van der Waals surface area (Å²) in [6.07, 6.45) is 13.1. The van der Waals surface area contributed by atoms with Crippen molar-refractivity contribution in [3.05, 3.63) is 70.8 Å². The van der Waals surface area contributed by atoms with Gasteiger partial charge in [-0.2, -0.15) is 0 Å². The fraction of sp³-hybridized carbons (Fsp3) is 0.579. The molecule has 0 radical (unpaired) electrons. The second-order valence-electron chi connectivity index (χ2n) is 15.0. The molecule has 3 aliphatic carbocycles. The monoisotopic (exact) mass is 674 g/mol. The molecule has 7 rings (SSSR count). The number of carbonyl (C=O) groups excluding carboxylic acids is 2. The Morgan fingerprint density at radius 3 is 2.73 bits per heavy atom. The van der Waals surface area contributed by atoms with Gasteiger partial charge < -0.3 is 19.7 Å². The van der Waals surface area contributed by atoms with Gasteiger partial charge in [0.2, 0.25) is 0 Å². The topological polar surface area (TPSA) is 109 Å². The van der Waals surface area contributed by atoms with Crippen LogP contribution in [0, 0.1) is 24.7 Å². The first-order chi connectivity index (χ1) is 23.1. The van der Waals surface area contributed by atoms with Crippen molar-refractivity contribution in [2.45, 2.75) is 89.2 Å². The van der Waals surface area contributed by atoms with E-state index in [4.69, 9.17) is 9.47 Å². The molecule has 1 spiro atoms. The Kier molecular flexibility index (Phi) is 9.32. The molecule has 48 heavy (non-hydrogen) atoms. The van der Waals surface area contributed by atoms with Crippen LogP contribution in [0.4, 0.5) is 10.5 Å². The number of nitrogens with zero attached hydrogens (tertiary/aromatic N) is 2. The van der Waals surface area contributed by atoms with Gasteiger partial charge in [0.05, 0.1) is 24.2 Å². The lowest BCUT2D eigenvalue weighted by molar-refractivity contribution is 0.0131. The Bertz CT molecular complexity index is 1710. The second-order valence-corrected chi connectivity index (χ2v) is 17.0.